The second-order valence-corrected chi connectivity index (χ2v) is 3.90. The second kappa shape index (κ2) is 6.30. The van der Waals surface area contributed by atoms with Crippen LogP contribution in [0.25, 0.3) is 0 Å². The van der Waals surface area contributed by atoms with Gasteiger partial charge in [-0.25, -0.2) is 0 Å². The Kier molecular flexibility index (Phi) is 5.02. The molecule has 4 heteroatoms. The molecular weight excluding hydrogens is 208 g/mol. The largest absolute Gasteiger partial charge is 0.468 e. The minimum Gasteiger partial charge on any atom is -0.468 e. The maximum absolute atomic E-state index is 11.6. The van der Waals surface area contributed by atoms with Crippen molar-refractivity contribution in [2.45, 2.75) is 25.7 Å². The van der Waals surface area contributed by atoms with E-state index in [9.17, 15) is 9.59 Å². The number of ether oxygens (including phenoxy) is 2. The third kappa shape index (κ3) is 3.08. The highest BCUT2D eigenvalue weighted by atomic mass is 16.5. The Balaban J connectivity index is 2.81. The summed E-state index contributed by atoms with van der Waals surface area (Å²) in [5.41, 5.74) is 0. The topological polar surface area (TPSA) is 52.6 Å². The van der Waals surface area contributed by atoms with Crippen LogP contribution in [0.3, 0.4) is 0 Å². The lowest BCUT2D eigenvalue weighted by Gasteiger charge is -2.19. The van der Waals surface area contributed by atoms with Crippen LogP contribution >= 0.6 is 0 Å². The molecule has 0 aromatic heterocycles. The average molecular weight is 226 g/mol. The van der Waals surface area contributed by atoms with Crippen molar-refractivity contribution < 1.29 is 19.1 Å². The first-order chi connectivity index (χ1) is 7.70. The number of rotatable bonds is 3. The van der Waals surface area contributed by atoms with E-state index >= 15 is 0 Å². The molecule has 1 atom stereocenters. The van der Waals surface area contributed by atoms with Gasteiger partial charge in [0.15, 0.2) is 5.92 Å². The lowest BCUT2D eigenvalue weighted by Crippen LogP contribution is -2.32. The standard InChI is InChI=1S/C12H18O4/c1-15-11(13)10(12(14)16-2)9-7-5-3-4-6-8-9/h5,7,9-10H,3-4,6,8H2,1-2H3. The van der Waals surface area contributed by atoms with Crippen molar-refractivity contribution >= 4 is 11.9 Å². The van der Waals surface area contributed by atoms with E-state index in [1.54, 1.807) is 0 Å². The van der Waals surface area contributed by atoms with Crippen LogP contribution in [0.2, 0.25) is 0 Å². The number of hydrogen-bond donors (Lipinski definition) is 0. The van der Waals surface area contributed by atoms with Gasteiger partial charge in [-0.05, 0) is 19.3 Å². The number of carbonyl (C=O) groups excluding carboxylic acids is 2. The zero-order valence-corrected chi connectivity index (χ0v) is 9.77. The molecule has 0 fully saturated rings. The van der Waals surface area contributed by atoms with Crippen molar-refractivity contribution in [3.63, 3.8) is 0 Å². The highest BCUT2D eigenvalue weighted by molar-refractivity contribution is 5.95. The van der Waals surface area contributed by atoms with Crippen molar-refractivity contribution in [2.75, 3.05) is 14.2 Å². The quantitative estimate of drug-likeness (QED) is 0.417. The molecule has 1 aliphatic rings. The second-order valence-electron chi connectivity index (χ2n) is 3.90. The average Bonchev–Trinajstić information content (AvgIpc) is 2.57. The monoisotopic (exact) mass is 226 g/mol. The lowest BCUT2D eigenvalue weighted by atomic mass is 9.88. The minimum atomic E-state index is -0.815. The summed E-state index contributed by atoms with van der Waals surface area (Å²) in [6, 6.07) is 0. The summed E-state index contributed by atoms with van der Waals surface area (Å²) >= 11 is 0. The van der Waals surface area contributed by atoms with E-state index in [-0.39, 0.29) is 5.92 Å². The molecule has 4 nitrogen and oxygen atoms in total. The van der Waals surface area contributed by atoms with Gasteiger partial charge in [-0.2, -0.15) is 0 Å². The van der Waals surface area contributed by atoms with Crippen LogP contribution in [0.4, 0.5) is 0 Å². The number of hydrogen-bond acceptors (Lipinski definition) is 4. The smallest absolute Gasteiger partial charge is 0.320 e. The van der Waals surface area contributed by atoms with Crippen LogP contribution in [0.15, 0.2) is 12.2 Å². The number of methoxy groups -OCH3 is 2. The summed E-state index contributed by atoms with van der Waals surface area (Å²) in [7, 11) is 2.58. The normalized spacial score (nSPS) is 20.3. The van der Waals surface area contributed by atoms with Crippen molar-refractivity contribution in [2.24, 2.45) is 11.8 Å². The zero-order chi connectivity index (χ0) is 12.0. The molecular formula is C12H18O4. The maximum Gasteiger partial charge on any atom is 0.320 e. The molecule has 0 aliphatic heterocycles. The molecule has 0 N–H and O–H groups in total. The summed E-state index contributed by atoms with van der Waals surface area (Å²) in [6.45, 7) is 0. The molecule has 0 bridgehead atoms. The van der Waals surface area contributed by atoms with Crippen LogP contribution in [-0.4, -0.2) is 26.2 Å². The summed E-state index contributed by atoms with van der Waals surface area (Å²) in [5, 5.41) is 0. The molecule has 0 saturated carbocycles. The van der Waals surface area contributed by atoms with Crippen LogP contribution in [0.1, 0.15) is 25.7 Å². The van der Waals surface area contributed by atoms with Crippen LogP contribution in [0, 0.1) is 11.8 Å². The molecule has 0 aromatic carbocycles. The van der Waals surface area contributed by atoms with Crippen molar-refractivity contribution in [1.29, 1.82) is 0 Å². The summed E-state index contributed by atoms with van der Waals surface area (Å²) < 4.78 is 9.31. The molecule has 90 valence electrons. The minimum absolute atomic E-state index is 0.0950. The fraction of sp³-hybridized carbons (Fsp3) is 0.667. The first kappa shape index (κ1) is 12.7. The van der Waals surface area contributed by atoms with Gasteiger partial charge in [0.05, 0.1) is 14.2 Å². The predicted octanol–water partition coefficient (Wildman–Crippen LogP) is 1.69. The highest BCUT2D eigenvalue weighted by Crippen LogP contribution is 2.26. The van der Waals surface area contributed by atoms with Gasteiger partial charge in [0.2, 0.25) is 0 Å². The third-order valence-corrected chi connectivity index (χ3v) is 2.88. The molecule has 0 heterocycles. The molecule has 1 rings (SSSR count). The summed E-state index contributed by atoms with van der Waals surface area (Å²) in [5.74, 6) is -1.93. The summed E-state index contributed by atoms with van der Waals surface area (Å²) in [6.07, 6.45) is 7.91. The summed E-state index contributed by atoms with van der Waals surface area (Å²) in [4.78, 5) is 23.1. The van der Waals surface area contributed by atoms with E-state index in [0.717, 1.165) is 25.7 Å². The SMILES string of the molecule is COC(=O)C(C(=O)OC)C1C=CCCCC1. The van der Waals surface area contributed by atoms with Crippen LogP contribution in [0.5, 0.6) is 0 Å². The van der Waals surface area contributed by atoms with Crippen molar-refractivity contribution in [1.82, 2.24) is 0 Å². The van der Waals surface area contributed by atoms with Gasteiger partial charge in [0, 0.05) is 5.92 Å². The molecule has 0 saturated heterocycles. The fourth-order valence-corrected chi connectivity index (χ4v) is 1.99. The van der Waals surface area contributed by atoms with Gasteiger partial charge in [-0.3, -0.25) is 9.59 Å². The zero-order valence-electron chi connectivity index (χ0n) is 9.77. The van der Waals surface area contributed by atoms with E-state index in [1.807, 2.05) is 12.2 Å². The molecule has 0 aromatic rings. The van der Waals surface area contributed by atoms with Crippen molar-refractivity contribution in [3.8, 4) is 0 Å². The predicted molar refractivity (Wildman–Crippen MR) is 58.6 cm³/mol. The van der Waals surface area contributed by atoms with Gasteiger partial charge in [-0.15, -0.1) is 0 Å². The Morgan fingerprint density at radius 3 is 2.38 bits per heavy atom. The Bertz CT molecular complexity index is 267. The first-order valence-corrected chi connectivity index (χ1v) is 5.53. The number of esters is 2. The third-order valence-electron chi connectivity index (χ3n) is 2.88. The Morgan fingerprint density at radius 2 is 1.81 bits per heavy atom. The van der Waals surface area contributed by atoms with Crippen LogP contribution in [-0.2, 0) is 19.1 Å². The lowest BCUT2D eigenvalue weighted by molar-refractivity contribution is -0.160. The maximum atomic E-state index is 11.6. The van der Waals surface area contributed by atoms with E-state index in [1.165, 1.54) is 14.2 Å². The molecule has 1 unspecified atom stereocenters. The Labute approximate surface area is 95.6 Å². The number of carbonyl (C=O) groups is 2. The Morgan fingerprint density at radius 1 is 1.19 bits per heavy atom. The van der Waals surface area contributed by atoms with Gasteiger partial charge in [0.25, 0.3) is 0 Å². The van der Waals surface area contributed by atoms with Gasteiger partial charge < -0.3 is 9.47 Å². The molecule has 0 amide bonds. The van der Waals surface area contributed by atoms with E-state index in [2.05, 4.69) is 9.47 Å². The van der Waals surface area contributed by atoms with Crippen LogP contribution < -0.4 is 0 Å². The highest BCUT2D eigenvalue weighted by Gasteiger charge is 2.35. The van der Waals surface area contributed by atoms with Crippen molar-refractivity contribution in [3.05, 3.63) is 12.2 Å². The Hall–Kier alpha value is -1.32. The van der Waals surface area contributed by atoms with E-state index in [0.29, 0.717) is 0 Å². The molecule has 0 spiro atoms. The van der Waals surface area contributed by atoms with Gasteiger partial charge in [0.1, 0.15) is 0 Å². The fourth-order valence-electron chi connectivity index (χ4n) is 1.99. The van der Waals surface area contributed by atoms with Gasteiger partial charge >= 0.3 is 11.9 Å². The molecule has 16 heavy (non-hydrogen) atoms. The first-order valence-electron chi connectivity index (χ1n) is 5.53. The molecule has 0 radical (unpaired) electrons. The van der Waals surface area contributed by atoms with E-state index in [4.69, 9.17) is 0 Å². The number of allylic oxidation sites excluding steroid dienone is 2. The molecule has 1 aliphatic carbocycles. The van der Waals surface area contributed by atoms with E-state index < -0.39 is 17.9 Å². The van der Waals surface area contributed by atoms with Gasteiger partial charge in [-0.1, -0.05) is 18.6 Å².